The lowest BCUT2D eigenvalue weighted by Gasteiger charge is -2.35. The number of rotatable bonds is 7. The van der Waals surface area contributed by atoms with Gasteiger partial charge in [0.15, 0.2) is 14.0 Å². The molecule has 0 bridgehead atoms. The van der Waals surface area contributed by atoms with Crippen molar-refractivity contribution in [2.75, 3.05) is 12.8 Å². The molecule has 0 saturated heterocycles. The van der Waals surface area contributed by atoms with E-state index in [1.807, 2.05) is 34.9 Å². The standard InChI is InChI=1S/C27H38N4O2Si/c1-27(2,3)18-34(5,6)33-22-13-9-20(10-14-22)23-15-16-24-25(29-23)31(26(28)30-24)17-19-7-11-21(32-4)12-8-19/h7-9,11-12,15-16,22H,10,13-14,17-18H2,1-6H3,(H2,28,30). The minimum Gasteiger partial charge on any atom is -0.497 e. The lowest BCUT2D eigenvalue weighted by molar-refractivity contribution is 0.176. The maximum absolute atomic E-state index is 6.65. The monoisotopic (exact) mass is 478 g/mol. The molecule has 2 aromatic heterocycles. The second-order valence-corrected chi connectivity index (χ2v) is 15.3. The number of nitrogens with zero attached hydrogens (tertiary/aromatic N) is 3. The molecule has 2 N–H and O–H groups in total. The Kier molecular flexibility index (Phi) is 6.87. The molecule has 34 heavy (non-hydrogen) atoms. The van der Waals surface area contributed by atoms with E-state index in [4.69, 9.17) is 19.9 Å². The number of methoxy groups -OCH3 is 1. The number of aromatic nitrogens is 3. The molecule has 2 heterocycles. The van der Waals surface area contributed by atoms with E-state index < -0.39 is 8.32 Å². The topological polar surface area (TPSA) is 75.2 Å². The Bertz CT molecular complexity index is 1180. The third-order valence-corrected chi connectivity index (χ3v) is 9.14. The summed E-state index contributed by atoms with van der Waals surface area (Å²) in [5, 5.41) is 0. The molecule has 0 radical (unpaired) electrons. The van der Waals surface area contributed by atoms with E-state index in [1.54, 1.807) is 7.11 Å². The molecule has 0 amide bonds. The molecule has 1 aromatic carbocycles. The van der Waals surface area contributed by atoms with Gasteiger partial charge in [0.25, 0.3) is 0 Å². The van der Waals surface area contributed by atoms with E-state index in [1.165, 1.54) is 11.6 Å². The number of allylic oxidation sites excluding steroid dienone is 1. The number of fused-ring (bicyclic) bond motifs is 1. The number of anilines is 1. The SMILES string of the molecule is COc1ccc(Cn2c(N)nc3ccc(C4=CCC(O[Si](C)(C)CC(C)(C)C)CC4)nc32)cc1. The molecule has 3 aromatic rings. The van der Waals surface area contributed by atoms with Crippen LogP contribution in [0.5, 0.6) is 5.75 Å². The van der Waals surface area contributed by atoms with Gasteiger partial charge < -0.3 is 14.9 Å². The van der Waals surface area contributed by atoms with Gasteiger partial charge in [-0.2, -0.15) is 0 Å². The second kappa shape index (κ2) is 9.54. The van der Waals surface area contributed by atoms with Crippen LogP contribution in [0.4, 0.5) is 5.95 Å². The fourth-order valence-corrected chi connectivity index (χ4v) is 8.94. The van der Waals surface area contributed by atoms with E-state index in [0.717, 1.165) is 47.4 Å². The number of benzene rings is 1. The van der Waals surface area contributed by atoms with Crippen LogP contribution in [0.25, 0.3) is 16.7 Å². The molecular weight excluding hydrogens is 440 g/mol. The van der Waals surface area contributed by atoms with Crippen LogP contribution in [-0.4, -0.2) is 36.1 Å². The summed E-state index contributed by atoms with van der Waals surface area (Å²) in [6.45, 7) is 12.2. The molecule has 1 unspecified atom stereocenters. The molecule has 182 valence electrons. The summed E-state index contributed by atoms with van der Waals surface area (Å²) in [4.78, 5) is 9.52. The van der Waals surface area contributed by atoms with Gasteiger partial charge in [-0.1, -0.05) is 39.0 Å². The summed E-state index contributed by atoms with van der Waals surface area (Å²) < 4.78 is 13.9. The van der Waals surface area contributed by atoms with Crippen LogP contribution in [0.15, 0.2) is 42.5 Å². The first-order valence-corrected chi connectivity index (χ1v) is 15.3. The number of nitrogen functional groups attached to an aromatic ring is 1. The van der Waals surface area contributed by atoms with Gasteiger partial charge in [0.2, 0.25) is 5.95 Å². The van der Waals surface area contributed by atoms with Crippen LogP contribution in [0.3, 0.4) is 0 Å². The number of hydrogen-bond acceptors (Lipinski definition) is 5. The van der Waals surface area contributed by atoms with Crippen molar-refractivity contribution in [2.45, 2.75) is 71.8 Å². The average molecular weight is 479 g/mol. The molecule has 0 fully saturated rings. The Labute approximate surface area is 204 Å². The van der Waals surface area contributed by atoms with Crippen LogP contribution in [0.1, 0.15) is 51.3 Å². The minimum absolute atomic E-state index is 0.307. The third kappa shape index (κ3) is 5.88. The molecule has 1 aliphatic carbocycles. The summed E-state index contributed by atoms with van der Waals surface area (Å²) in [7, 11) is -0.0185. The van der Waals surface area contributed by atoms with Gasteiger partial charge in [-0.15, -0.1) is 0 Å². The molecule has 6 nitrogen and oxygen atoms in total. The maximum Gasteiger partial charge on any atom is 0.202 e. The van der Waals surface area contributed by atoms with E-state index >= 15 is 0 Å². The lowest BCUT2D eigenvalue weighted by atomic mass is 9.95. The highest BCUT2D eigenvalue weighted by atomic mass is 28.4. The summed E-state index contributed by atoms with van der Waals surface area (Å²) in [6.07, 6.45) is 5.60. The van der Waals surface area contributed by atoms with Crippen LogP contribution in [-0.2, 0) is 11.0 Å². The van der Waals surface area contributed by atoms with Crippen molar-refractivity contribution in [1.82, 2.24) is 14.5 Å². The van der Waals surface area contributed by atoms with Gasteiger partial charge in [-0.3, -0.25) is 4.57 Å². The summed E-state index contributed by atoms with van der Waals surface area (Å²) >= 11 is 0. The second-order valence-electron chi connectivity index (χ2n) is 11.2. The van der Waals surface area contributed by atoms with Gasteiger partial charge in [-0.05, 0) is 79.2 Å². The van der Waals surface area contributed by atoms with Gasteiger partial charge in [0, 0.05) is 6.10 Å². The molecular formula is C27H38N4O2Si. The first kappa shape index (κ1) is 24.5. The van der Waals surface area contributed by atoms with E-state index in [-0.39, 0.29) is 0 Å². The predicted octanol–water partition coefficient (Wildman–Crippen LogP) is 6.27. The molecule has 1 aliphatic rings. The van der Waals surface area contributed by atoms with E-state index in [9.17, 15) is 0 Å². The lowest BCUT2D eigenvalue weighted by Crippen LogP contribution is -2.39. The summed E-state index contributed by atoms with van der Waals surface area (Å²) in [5.74, 6) is 1.32. The average Bonchev–Trinajstić information content (AvgIpc) is 3.07. The first-order valence-electron chi connectivity index (χ1n) is 12.2. The highest BCUT2D eigenvalue weighted by molar-refractivity contribution is 6.71. The Morgan fingerprint density at radius 2 is 1.82 bits per heavy atom. The van der Waals surface area contributed by atoms with Crippen LogP contribution in [0, 0.1) is 5.41 Å². The van der Waals surface area contributed by atoms with Gasteiger partial charge in [0.1, 0.15) is 11.3 Å². The van der Waals surface area contributed by atoms with Crippen molar-refractivity contribution in [2.24, 2.45) is 5.41 Å². The number of ether oxygens (including phenoxy) is 1. The normalized spacial score (nSPS) is 17.1. The minimum atomic E-state index is -1.69. The summed E-state index contributed by atoms with van der Waals surface area (Å²) in [5.41, 5.74) is 11.6. The first-order chi connectivity index (χ1) is 16.0. The third-order valence-electron chi connectivity index (χ3n) is 6.26. The van der Waals surface area contributed by atoms with Gasteiger partial charge in [-0.25, -0.2) is 9.97 Å². The quantitative estimate of drug-likeness (QED) is 0.405. The van der Waals surface area contributed by atoms with Gasteiger partial charge in [0.05, 0.1) is 19.3 Å². The fraction of sp³-hybridized carbons (Fsp3) is 0.481. The molecule has 4 rings (SSSR count). The fourth-order valence-electron chi connectivity index (χ4n) is 5.19. The van der Waals surface area contributed by atoms with E-state index in [2.05, 4.69) is 51.0 Å². The van der Waals surface area contributed by atoms with Crippen molar-refractivity contribution in [1.29, 1.82) is 0 Å². The van der Waals surface area contributed by atoms with Crippen molar-refractivity contribution in [3.8, 4) is 5.75 Å². The molecule has 1 atom stereocenters. The van der Waals surface area contributed by atoms with E-state index in [0.29, 0.717) is 24.0 Å². The number of pyridine rings is 1. The molecule has 0 aliphatic heterocycles. The molecule has 0 saturated carbocycles. The number of imidazole rings is 1. The Morgan fingerprint density at radius 1 is 1.09 bits per heavy atom. The highest BCUT2D eigenvalue weighted by Gasteiger charge is 2.32. The highest BCUT2D eigenvalue weighted by Crippen LogP contribution is 2.34. The smallest absolute Gasteiger partial charge is 0.202 e. The van der Waals surface area contributed by atoms with Crippen molar-refractivity contribution < 1.29 is 9.16 Å². The van der Waals surface area contributed by atoms with Crippen molar-refractivity contribution >= 4 is 31.0 Å². The van der Waals surface area contributed by atoms with Crippen LogP contribution >= 0.6 is 0 Å². The zero-order valence-electron chi connectivity index (χ0n) is 21.4. The Balaban J connectivity index is 1.51. The largest absolute Gasteiger partial charge is 0.497 e. The number of hydrogen-bond donors (Lipinski definition) is 1. The molecule has 7 heteroatoms. The Hall–Kier alpha value is -2.64. The van der Waals surface area contributed by atoms with Crippen LogP contribution in [0.2, 0.25) is 19.1 Å². The maximum atomic E-state index is 6.65. The van der Waals surface area contributed by atoms with Crippen molar-refractivity contribution in [3.63, 3.8) is 0 Å². The zero-order chi connectivity index (χ0) is 24.5. The summed E-state index contributed by atoms with van der Waals surface area (Å²) in [6, 6.07) is 13.3. The zero-order valence-corrected chi connectivity index (χ0v) is 22.4. The Morgan fingerprint density at radius 3 is 2.44 bits per heavy atom. The number of nitrogens with two attached hydrogens (primary N) is 1. The van der Waals surface area contributed by atoms with Crippen molar-refractivity contribution in [3.05, 3.63) is 53.7 Å². The van der Waals surface area contributed by atoms with Crippen LogP contribution < -0.4 is 10.5 Å². The molecule has 0 spiro atoms. The predicted molar refractivity (Wildman–Crippen MR) is 142 cm³/mol. The van der Waals surface area contributed by atoms with Gasteiger partial charge >= 0.3 is 0 Å².